The highest BCUT2D eigenvalue weighted by atomic mass is 16.4. The van der Waals surface area contributed by atoms with E-state index in [1.54, 1.807) is 0 Å². The average Bonchev–Trinajstić information content (AvgIpc) is 2.25. The van der Waals surface area contributed by atoms with E-state index in [1.807, 2.05) is 20.8 Å². The fraction of sp³-hybridized carbons (Fsp3) is 0.818. The molecule has 16 heavy (non-hydrogen) atoms. The van der Waals surface area contributed by atoms with E-state index < -0.39 is 18.0 Å². The lowest BCUT2D eigenvalue weighted by Crippen LogP contribution is -2.49. The molecule has 3 N–H and O–H groups in total. The lowest BCUT2D eigenvalue weighted by Gasteiger charge is -2.20. The predicted molar refractivity (Wildman–Crippen MR) is 62.3 cm³/mol. The Morgan fingerprint density at radius 3 is 2.38 bits per heavy atom. The Hall–Kier alpha value is -1.26. The Kier molecular flexibility index (Phi) is 7.33. The zero-order valence-corrected chi connectivity index (χ0v) is 10.2. The summed E-state index contributed by atoms with van der Waals surface area (Å²) in [6.07, 6.45) is 2.61. The molecule has 0 spiro atoms. The second-order valence-electron chi connectivity index (χ2n) is 3.96. The summed E-state index contributed by atoms with van der Waals surface area (Å²) in [5.41, 5.74) is 0. The molecule has 0 aliphatic carbocycles. The first-order valence-electron chi connectivity index (χ1n) is 5.80. The van der Waals surface area contributed by atoms with Crippen molar-refractivity contribution in [2.75, 3.05) is 6.54 Å². The van der Waals surface area contributed by atoms with E-state index in [2.05, 4.69) is 10.6 Å². The van der Waals surface area contributed by atoms with Gasteiger partial charge in [-0.25, -0.2) is 9.59 Å². The maximum Gasteiger partial charge on any atom is 0.326 e. The number of unbranched alkanes of at least 4 members (excludes halogenated alkanes) is 1. The van der Waals surface area contributed by atoms with Gasteiger partial charge in [-0.3, -0.25) is 0 Å². The van der Waals surface area contributed by atoms with Gasteiger partial charge in [-0.15, -0.1) is 0 Å². The molecule has 0 bridgehead atoms. The Labute approximate surface area is 96.6 Å². The van der Waals surface area contributed by atoms with Crippen molar-refractivity contribution in [2.24, 2.45) is 5.92 Å². The fourth-order valence-corrected chi connectivity index (χ4v) is 1.25. The maximum atomic E-state index is 11.4. The highest BCUT2D eigenvalue weighted by Gasteiger charge is 2.24. The average molecular weight is 230 g/mol. The second kappa shape index (κ2) is 7.96. The van der Waals surface area contributed by atoms with E-state index in [1.165, 1.54) is 0 Å². The molecular weight excluding hydrogens is 208 g/mol. The van der Waals surface area contributed by atoms with Crippen molar-refractivity contribution in [3.63, 3.8) is 0 Å². The highest BCUT2D eigenvalue weighted by molar-refractivity contribution is 5.82. The van der Waals surface area contributed by atoms with Gasteiger partial charge in [0.25, 0.3) is 0 Å². The standard InChI is InChI=1S/C11H22N2O3/c1-4-6-7-12-11(16)13-9(10(14)15)8(3)5-2/h8-9H,4-7H2,1-3H3,(H,14,15)(H2,12,13,16)/t8-,9+/m1/s1. The Morgan fingerprint density at radius 1 is 1.31 bits per heavy atom. The van der Waals surface area contributed by atoms with E-state index in [0.29, 0.717) is 13.0 Å². The molecule has 0 rings (SSSR count). The van der Waals surface area contributed by atoms with Crippen LogP contribution < -0.4 is 10.6 Å². The molecule has 0 aliphatic rings. The molecule has 0 aromatic rings. The first-order chi connectivity index (χ1) is 7.52. The summed E-state index contributed by atoms with van der Waals surface area (Å²) in [6.45, 7) is 6.32. The number of hydrogen-bond acceptors (Lipinski definition) is 2. The van der Waals surface area contributed by atoms with Crippen molar-refractivity contribution in [2.45, 2.75) is 46.1 Å². The van der Waals surface area contributed by atoms with Crippen molar-refractivity contribution in [1.29, 1.82) is 0 Å². The molecular formula is C11H22N2O3. The summed E-state index contributed by atoms with van der Waals surface area (Å²) in [5.74, 6) is -1.06. The first kappa shape index (κ1) is 14.7. The van der Waals surface area contributed by atoms with Gasteiger partial charge in [0.05, 0.1) is 0 Å². The molecule has 94 valence electrons. The monoisotopic (exact) mass is 230 g/mol. The molecule has 0 heterocycles. The van der Waals surface area contributed by atoms with E-state index in [9.17, 15) is 9.59 Å². The molecule has 0 aromatic heterocycles. The quantitative estimate of drug-likeness (QED) is 0.581. The molecule has 0 aromatic carbocycles. The maximum absolute atomic E-state index is 11.4. The lowest BCUT2D eigenvalue weighted by atomic mass is 9.99. The van der Waals surface area contributed by atoms with Crippen molar-refractivity contribution in [3.8, 4) is 0 Å². The number of carboxylic acid groups (broad SMARTS) is 1. The summed E-state index contributed by atoms with van der Waals surface area (Å²) in [4.78, 5) is 22.3. The molecule has 2 amide bonds. The van der Waals surface area contributed by atoms with Gasteiger partial charge in [-0.2, -0.15) is 0 Å². The van der Waals surface area contributed by atoms with E-state index >= 15 is 0 Å². The van der Waals surface area contributed by atoms with Crippen LogP contribution in [0, 0.1) is 5.92 Å². The number of rotatable bonds is 7. The Balaban J connectivity index is 4.09. The number of carbonyl (C=O) groups is 2. The SMILES string of the molecule is CCCCNC(=O)N[C@H](C(=O)O)[C@H](C)CC. The topological polar surface area (TPSA) is 78.4 Å². The van der Waals surface area contributed by atoms with Gasteiger partial charge < -0.3 is 15.7 Å². The fourth-order valence-electron chi connectivity index (χ4n) is 1.25. The molecule has 2 atom stereocenters. The van der Waals surface area contributed by atoms with Gasteiger partial charge in [0, 0.05) is 6.54 Å². The predicted octanol–water partition coefficient (Wildman–Crippen LogP) is 1.58. The number of carboxylic acids is 1. The van der Waals surface area contributed by atoms with Crippen LogP contribution in [-0.4, -0.2) is 29.7 Å². The smallest absolute Gasteiger partial charge is 0.326 e. The Morgan fingerprint density at radius 2 is 1.94 bits per heavy atom. The molecule has 0 fully saturated rings. The molecule has 5 heteroatoms. The molecule has 0 saturated heterocycles. The number of carbonyl (C=O) groups excluding carboxylic acids is 1. The number of amides is 2. The van der Waals surface area contributed by atoms with Crippen LogP contribution in [0.5, 0.6) is 0 Å². The van der Waals surface area contributed by atoms with Crippen molar-refractivity contribution < 1.29 is 14.7 Å². The number of aliphatic carboxylic acids is 1. The van der Waals surface area contributed by atoms with Gasteiger partial charge in [0.15, 0.2) is 0 Å². The van der Waals surface area contributed by atoms with Gasteiger partial charge in [0.2, 0.25) is 0 Å². The summed E-state index contributed by atoms with van der Waals surface area (Å²) in [6, 6.07) is -1.22. The highest BCUT2D eigenvalue weighted by Crippen LogP contribution is 2.07. The molecule has 0 unspecified atom stereocenters. The van der Waals surface area contributed by atoms with E-state index in [4.69, 9.17) is 5.11 Å². The van der Waals surface area contributed by atoms with Gasteiger partial charge in [0.1, 0.15) is 6.04 Å². The normalized spacial score (nSPS) is 13.9. The van der Waals surface area contributed by atoms with Crippen LogP contribution in [-0.2, 0) is 4.79 Å². The Bertz CT molecular complexity index is 231. The molecule has 0 saturated carbocycles. The third-order valence-electron chi connectivity index (χ3n) is 2.58. The summed E-state index contributed by atoms with van der Waals surface area (Å²) >= 11 is 0. The summed E-state index contributed by atoms with van der Waals surface area (Å²) in [7, 11) is 0. The van der Waals surface area contributed by atoms with Crippen LogP contribution in [0.25, 0.3) is 0 Å². The van der Waals surface area contributed by atoms with Crippen LogP contribution in [0.3, 0.4) is 0 Å². The van der Waals surface area contributed by atoms with Gasteiger partial charge in [-0.1, -0.05) is 33.6 Å². The van der Waals surface area contributed by atoms with Crippen molar-refractivity contribution >= 4 is 12.0 Å². The lowest BCUT2D eigenvalue weighted by molar-refractivity contribution is -0.140. The van der Waals surface area contributed by atoms with Gasteiger partial charge in [-0.05, 0) is 12.3 Å². The number of hydrogen-bond donors (Lipinski definition) is 3. The summed E-state index contributed by atoms with van der Waals surface area (Å²) < 4.78 is 0. The van der Waals surface area contributed by atoms with Crippen molar-refractivity contribution in [1.82, 2.24) is 10.6 Å². The van der Waals surface area contributed by atoms with E-state index in [-0.39, 0.29) is 5.92 Å². The zero-order valence-electron chi connectivity index (χ0n) is 10.2. The first-order valence-corrected chi connectivity index (χ1v) is 5.80. The molecule has 0 radical (unpaired) electrons. The minimum absolute atomic E-state index is 0.0746. The van der Waals surface area contributed by atoms with Crippen LogP contribution in [0.4, 0.5) is 4.79 Å². The minimum Gasteiger partial charge on any atom is -0.480 e. The van der Waals surface area contributed by atoms with Crippen LogP contribution in [0.1, 0.15) is 40.0 Å². The van der Waals surface area contributed by atoms with Crippen LogP contribution in [0.2, 0.25) is 0 Å². The van der Waals surface area contributed by atoms with Crippen molar-refractivity contribution in [3.05, 3.63) is 0 Å². The van der Waals surface area contributed by atoms with Gasteiger partial charge >= 0.3 is 12.0 Å². The molecule has 0 aliphatic heterocycles. The number of nitrogens with one attached hydrogen (secondary N) is 2. The number of urea groups is 1. The van der Waals surface area contributed by atoms with Crippen LogP contribution in [0.15, 0.2) is 0 Å². The third-order valence-corrected chi connectivity index (χ3v) is 2.58. The minimum atomic E-state index is -0.986. The summed E-state index contributed by atoms with van der Waals surface area (Å²) in [5, 5.41) is 14.1. The largest absolute Gasteiger partial charge is 0.480 e. The third kappa shape index (κ3) is 5.58. The van der Waals surface area contributed by atoms with E-state index in [0.717, 1.165) is 12.8 Å². The zero-order chi connectivity index (χ0) is 12.6. The second-order valence-corrected chi connectivity index (χ2v) is 3.96. The van der Waals surface area contributed by atoms with Crippen LogP contribution >= 0.6 is 0 Å². The molecule has 5 nitrogen and oxygen atoms in total.